The van der Waals surface area contributed by atoms with Crippen LogP contribution in [-0.2, 0) is 16.4 Å². The zero-order chi connectivity index (χ0) is 24.8. The highest BCUT2D eigenvalue weighted by molar-refractivity contribution is 6.31. The van der Waals surface area contributed by atoms with Crippen molar-refractivity contribution in [2.45, 2.75) is 30.5 Å². The molecule has 1 saturated carbocycles. The molecule has 35 heavy (non-hydrogen) atoms. The number of halogens is 4. The van der Waals surface area contributed by atoms with Crippen molar-refractivity contribution in [3.05, 3.63) is 70.9 Å². The minimum Gasteiger partial charge on any atom is -0.384 e. The van der Waals surface area contributed by atoms with Crippen LogP contribution >= 0.6 is 11.6 Å². The second kappa shape index (κ2) is 8.99. The maximum atomic E-state index is 13.5. The first-order valence-corrected chi connectivity index (χ1v) is 12.0. The number of carbonyl (C=O) groups is 1. The lowest BCUT2D eigenvalue weighted by molar-refractivity contribution is -0.141. The van der Waals surface area contributed by atoms with Crippen molar-refractivity contribution in [2.24, 2.45) is 5.92 Å². The van der Waals surface area contributed by atoms with E-state index < -0.39 is 11.9 Å². The van der Waals surface area contributed by atoms with E-state index in [4.69, 9.17) is 11.6 Å². The van der Waals surface area contributed by atoms with E-state index in [9.17, 15) is 18.0 Å². The van der Waals surface area contributed by atoms with E-state index in [-0.39, 0.29) is 28.8 Å². The van der Waals surface area contributed by atoms with Crippen LogP contribution in [0, 0.1) is 5.92 Å². The first kappa shape index (κ1) is 23.9. The number of fused-ring (bicyclic) bond motifs is 1. The Labute approximate surface area is 206 Å². The fourth-order valence-corrected chi connectivity index (χ4v) is 5.37. The first-order valence-electron chi connectivity index (χ1n) is 11.6. The Hall–Kier alpha value is -2.84. The van der Waals surface area contributed by atoms with E-state index in [1.807, 2.05) is 37.4 Å². The maximum absolute atomic E-state index is 13.5. The second-order valence-corrected chi connectivity index (χ2v) is 10.2. The van der Waals surface area contributed by atoms with Gasteiger partial charge in [0, 0.05) is 47.2 Å². The summed E-state index contributed by atoms with van der Waals surface area (Å²) in [7, 11) is 1.99. The molecule has 5 rings (SSSR count). The summed E-state index contributed by atoms with van der Waals surface area (Å²) in [4.78, 5) is 18.4. The fourth-order valence-electron chi connectivity index (χ4n) is 5.20. The van der Waals surface area contributed by atoms with Crippen molar-refractivity contribution < 1.29 is 18.0 Å². The van der Waals surface area contributed by atoms with Crippen LogP contribution < -0.4 is 10.6 Å². The van der Waals surface area contributed by atoms with Gasteiger partial charge in [-0.05, 0) is 49.7 Å². The van der Waals surface area contributed by atoms with Crippen molar-refractivity contribution in [3.8, 4) is 0 Å². The summed E-state index contributed by atoms with van der Waals surface area (Å²) < 4.78 is 40.6. The third-order valence-electron chi connectivity index (χ3n) is 7.12. The van der Waals surface area contributed by atoms with Gasteiger partial charge in [-0.25, -0.2) is 4.98 Å². The van der Waals surface area contributed by atoms with Crippen molar-refractivity contribution in [1.82, 2.24) is 15.2 Å². The third kappa shape index (κ3) is 4.82. The Balaban J connectivity index is 1.39. The third-order valence-corrected chi connectivity index (χ3v) is 7.36. The van der Waals surface area contributed by atoms with E-state index in [0.29, 0.717) is 35.5 Å². The van der Waals surface area contributed by atoms with Gasteiger partial charge in [0.2, 0.25) is 5.91 Å². The molecule has 0 spiro atoms. The minimum absolute atomic E-state index is 0.0265. The zero-order valence-electron chi connectivity index (χ0n) is 19.2. The highest BCUT2D eigenvalue weighted by Crippen LogP contribution is 2.45. The smallest absolute Gasteiger partial charge is 0.384 e. The van der Waals surface area contributed by atoms with Crippen molar-refractivity contribution >= 4 is 34.1 Å². The molecule has 9 heteroatoms. The monoisotopic (exact) mass is 502 g/mol. The van der Waals surface area contributed by atoms with Crippen molar-refractivity contribution in [3.63, 3.8) is 0 Å². The molecule has 2 heterocycles. The molecule has 0 atom stereocenters. The molecule has 3 aromatic rings. The molecule has 1 saturated heterocycles. The van der Waals surface area contributed by atoms with E-state index >= 15 is 0 Å². The van der Waals surface area contributed by atoms with E-state index in [2.05, 4.69) is 20.5 Å². The van der Waals surface area contributed by atoms with Gasteiger partial charge in [-0.15, -0.1) is 0 Å². The molecule has 1 aromatic heterocycles. The summed E-state index contributed by atoms with van der Waals surface area (Å²) in [5.41, 5.74) is 0.388. The molecule has 1 amide bonds. The normalized spacial score (nSPS) is 22.9. The lowest BCUT2D eigenvalue weighted by Crippen LogP contribution is -2.60. The van der Waals surface area contributed by atoms with Crippen LogP contribution in [0.25, 0.3) is 10.9 Å². The SMILES string of the molecule is CN1CC(C(=O)NC2CC(CNc3cc(C(F)(F)F)nc4ccc(Cl)cc34)(c3ccccc3)C2)C1. The Morgan fingerprint density at radius 1 is 1.14 bits per heavy atom. The number of pyridine rings is 1. The Morgan fingerprint density at radius 3 is 2.51 bits per heavy atom. The molecule has 1 aliphatic carbocycles. The molecule has 2 aromatic carbocycles. The number of hydrogen-bond donors (Lipinski definition) is 2. The largest absolute Gasteiger partial charge is 0.433 e. The molecule has 2 aliphatic rings. The molecule has 2 fully saturated rings. The molecule has 0 bridgehead atoms. The predicted molar refractivity (Wildman–Crippen MR) is 131 cm³/mol. The predicted octanol–water partition coefficient (Wildman–Crippen LogP) is 5.10. The number of rotatable bonds is 6. The number of nitrogens with zero attached hydrogens (tertiary/aromatic N) is 2. The summed E-state index contributed by atoms with van der Waals surface area (Å²) >= 11 is 6.14. The first-order chi connectivity index (χ1) is 16.6. The van der Waals surface area contributed by atoms with E-state index in [1.165, 1.54) is 12.1 Å². The average Bonchev–Trinajstić information content (AvgIpc) is 2.78. The van der Waals surface area contributed by atoms with Crippen LogP contribution in [0.3, 0.4) is 0 Å². The Morgan fingerprint density at radius 2 is 1.86 bits per heavy atom. The van der Waals surface area contributed by atoms with Crippen LogP contribution in [0.4, 0.5) is 18.9 Å². The van der Waals surface area contributed by atoms with Gasteiger partial charge in [-0.2, -0.15) is 13.2 Å². The molecule has 0 radical (unpaired) electrons. The Bertz CT molecular complexity index is 1240. The van der Waals surface area contributed by atoms with Crippen LogP contribution in [-0.4, -0.2) is 48.5 Å². The van der Waals surface area contributed by atoms with Gasteiger partial charge in [0.1, 0.15) is 5.69 Å². The summed E-state index contributed by atoms with van der Waals surface area (Å²) in [6.07, 6.45) is -3.16. The summed E-state index contributed by atoms with van der Waals surface area (Å²) in [6.45, 7) is 1.95. The van der Waals surface area contributed by atoms with Gasteiger partial charge in [-0.3, -0.25) is 4.79 Å². The molecule has 2 N–H and O–H groups in total. The topological polar surface area (TPSA) is 57.3 Å². The van der Waals surface area contributed by atoms with Gasteiger partial charge in [0.15, 0.2) is 0 Å². The number of benzene rings is 2. The highest BCUT2D eigenvalue weighted by atomic mass is 35.5. The molecule has 184 valence electrons. The van der Waals surface area contributed by atoms with Gasteiger partial charge in [0.25, 0.3) is 0 Å². The standard InChI is InChI=1S/C26H26ClF3N4O/c1-34-13-16(14-34)24(35)32-19-11-25(12-19,17-5-3-2-4-6-17)15-31-22-10-23(26(28,29)30)33-21-8-7-18(27)9-20(21)22/h2-10,16,19H,11-15H2,1H3,(H,31,33)(H,32,35). The average molecular weight is 503 g/mol. The molecule has 1 aliphatic heterocycles. The van der Waals surface area contributed by atoms with Gasteiger partial charge >= 0.3 is 6.18 Å². The summed E-state index contributed by atoms with van der Waals surface area (Å²) in [6, 6.07) is 15.6. The lowest BCUT2D eigenvalue weighted by atomic mass is 9.61. The second-order valence-electron chi connectivity index (χ2n) is 9.75. The zero-order valence-corrected chi connectivity index (χ0v) is 20.0. The van der Waals surface area contributed by atoms with Crippen LogP contribution in [0.2, 0.25) is 5.02 Å². The van der Waals surface area contributed by atoms with Crippen molar-refractivity contribution in [2.75, 3.05) is 32.0 Å². The number of anilines is 1. The van der Waals surface area contributed by atoms with Crippen LogP contribution in [0.15, 0.2) is 54.6 Å². The molecular formula is C26H26ClF3N4O. The number of alkyl halides is 3. The number of hydrogen-bond acceptors (Lipinski definition) is 4. The maximum Gasteiger partial charge on any atom is 0.433 e. The van der Waals surface area contributed by atoms with Gasteiger partial charge in [-0.1, -0.05) is 41.9 Å². The van der Waals surface area contributed by atoms with E-state index in [1.54, 1.807) is 6.07 Å². The van der Waals surface area contributed by atoms with Gasteiger partial charge < -0.3 is 15.5 Å². The highest BCUT2D eigenvalue weighted by Gasteiger charge is 2.47. The number of aromatic nitrogens is 1. The Kier molecular flexibility index (Phi) is 6.13. The summed E-state index contributed by atoms with van der Waals surface area (Å²) in [5.74, 6) is 0.103. The van der Waals surface area contributed by atoms with Gasteiger partial charge in [0.05, 0.1) is 11.4 Å². The fraction of sp³-hybridized carbons (Fsp3) is 0.385. The number of carbonyl (C=O) groups excluding carboxylic acids is 1. The quantitative estimate of drug-likeness (QED) is 0.492. The molecular weight excluding hydrogens is 477 g/mol. The van der Waals surface area contributed by atoms with Crippen LogP contribution in [0.5, 0.6) is 0 Å². The van der Waals surface area contributed by atoms with Crippen LogP contribution in [0.1, 0.15) is 24.1 Å². The minimum atomic E-state index is -4.57. The number of likely N-dealkylation sites (tertiary alicyclic amines) is 1. The lowest BCUT2D eigenvalue weighted by Gasteiger charge is -2.49. The van der Waals surface area contributed by atoms with E-state index in [0.717, 1.165) is 24.7 Å². The number of amides is 1. The number of nitrogens with one attached hydrogen (secondary N) is 2. The van der Waals surface area contributed by atoms with Crippen molar-refractivity contribution in [1.29, 1.82) is 0 Å². The molecule has 5 nitrogen and oxygen atoms in total. The summed E-state index contributed by atoms with van der Waals surface area (Å²) in [5, 5.41) is 7.39. The molecule has 0 unspecified atom stereocenters.